The van der Waals surface area contributed by atoms with Crippen LogP contribution in [0.25, 0.3) is 16.7 Å². The summed E-state index contributed by atoms with van der Waals surface area (Å²) >= 11 is 0. The molecule has 35 heavy (non-hydrogen) atoms. The van der Waals surface area contributed by atoms with E-state index in [9.17, 15) is 9.59 Å². The van der Waals surface area contributed by atoms with E-state index < -0.39 is 6.04 Å². The summed E-state index contributed by atoms with van der Waals surface area (Å²) in [6.07, 6.45) is 2.88. The van der Waals surface area contributed by atoms with Crippen molar-refractivity contribution in [2.24, 2.45) is 0 Å². The Morgan fingerprint density at radius 3 is 2.31 bits per heavy atom. The van der Waals surface area contributed by atoms with Gasteiger partial charge in [0.05, 0.1) is 11.0 Å². The number of nitrogens with one attached hydrogen (secondary N) is 2. The van der Waals surface area contributed by atoms with E-state index in [0.717, 1.165) is 22.5 Å². The van der Waals surface area contributed by atoms with Gasteiger partial charge in [0.15, 0.2) is 0 Å². The van der Waals surface area contributed by atoms with E-state index in [2.05, 4.69) is 30.3 Å². The number of aryl methyl sites for hydroxylation is 1. The zero-order valence-electron chi connectivity index (χ0n) is 19.2. The Balaban J connectivity index is 1.28. The molecule has 5 aromatic rings. The fourth-order valence-corrected chi connectivity index (χ4v) is 3.87. The first-order chi connectivity index (χ1) is 17.0. The number of anilines is 2. The van der Waals surface area contributed by atoms with E-state index in [4.69, 9.17) is 0 Å². The first kappa shape index (κ1) is 22.0. The number of carbonyl (C=O) groups is 2. The highest BCUT2D eigenvalue weighted by atomic mass is 16.2. The molecule has 2 amide bonds. The third-order valence-corrected chi connectivity index (χ3v) is 5.72. The van der Waals surface area contributed by atoms with Crippen LogP contribution in [0.5, 0.6) is 0 Å². The molecule has 5 rings (SSSR count). The van der Waals surface area contributed by atoms with Gasteiger partial charge in [-0.2, -0.15) is 5.10 Å². The molecule has 0 saturated heterocycles. The van der Waals surface area contributed by atoms with Crippen molar-refractivity contribution in [1.82, 2.24) is 24.3 Å². The number of imidazole rings is 1. The van der Waals surface area contributed by atoms with Crippen LogP contribution in [0, 0.1) is 6.92 Å². The van der Waals surface area contributed by atoms with Gasteiger partial charge in [-0.3, -0.25) is 14.2 Å². The van der Waals surface area contributed by atoms with Crippen molar-refractivity contribution in [3.8, 4) is 5.69 Å². The summed E-state index contributed by atoms with van der Waals surface area (Å²) in [6.45, 7) is 3.68. The topological polar surface area (TPSA) is 107 Å². The molecule has 0 saturated carbocycles. The van der Waals surface area contributed by atoms with Crippen LogP contribution in [-0.4, -0.2) is 36.1 Å². The highest BCUT2D eigenvalue weighted by molar-refractivity contribution is 6.06. The normalized spacial score (nSPS) is 11.8. The van der Waals surface area contributed by atoms with Crippen molar-refractivity contribution in [3.63, 3.8) is 0 Å². The van der Waals surface area contributed by atoms with Gasteiger partial charge in [0, 0.05) is 22.6 Å². The second-order valence-electron chi connectivity index (χ2n) is 8.11. The summed E-state index contributed by atoms with van der Waals surface area (Å²) in [5, 5.41) is 9.71. The number of nitrogens with zero attached hydrogens (tertiary/aromatic N) is 5. The molecule has 0 aliphatic rings. The molecule has 2 aromatic heterocycles. The molecule has 0 fully saturated rings. The van der Waals surface area contributed by atoms with E-state index in [1.165, 1.54) is 17.3 Å². The Morgan fingerprint density at radius 2 is 1.63 bits per heavy atom. The predicted octanol–water partition coefficient (Wildman–Crippen LogP) is 4.38. The standard InChI is InChI=1S/C26H23N7O2/c1-17(32-16-27-15-28-32)25(34)30-20-9-11-21(12-10-20)31-26(35)19-8-13-24-23(14-19)29-18(2)33(24)22-6-4-3-5-7-22/h3-17H,1-2H3,(H,30,34)(H,31,35). The molecule has 0 bridgehead atoms. The van der Waals surface area contributed by atoms with Crippen molar-refractivity contribution < 1.29 is 9.59 Å². The molecule has 174 valence electrons. The number of fused-ring (bicyclic) bond motifs is 1. The minimum Gasteiger partial charge on any atom is -0.324 e. The Kier molecular flexibility index (Phi) is 5.80. The van der Waals surface area contributed by atoms with Gasteiger partial charge >= 0.3 is 0 Å². The Hall–Kier alpha value is -4.79. The van der Waals surface area contributed by atoms with E-state index >= 15 is 0 Å². The fourth-order valence-electron chi connectivity index (χ4n) is 3.87. The molecule has 9 nitrogen and oxygen atoms in total. The van der Waals surface area contributed by atoms with Crippen molar-refractivity contribution in [3.05, 3.63) is 96.8 Å². The van der Waals surface area contributed by atoms with Gasteiger partial charge in [0.25, 0.3) is 5.91 Å². The molecule has 1 unspecified atom stereocenters. The first-order valence-electron chi connectivity index (χ1n) is 11.1. The van der Waals surface area contributed by atoms with Gasteiger partial charge in [-0.05, 0) is 68.4 Å². The Bertz CT molecular complexity index is 1490. The Morgan fingerprint density at radius 1 is 0.914 bits per heavy atom. The lowest BCUT2D eigenvalue weighted by atomic mass is 10.1. The predicted molar refractivity (Wildman–Crippen MR) is 134 cm³/mol. The van der Waals surface area contributed by atoms with Crippen LogP contribution in [0.4, 0.5) is 11.4 Å². The van der Waals surface area contributed by atoms with Crippen molar-refractivity contribution in [2.45, 2.75) is 19.9 Å². The lowest BCUT2D eigenvalue weighted by Gasteiger charge is -2.12. The van der Waals surface area contributed by atoms with Crippen LogP contribution in [-0.2, 0) is 4.79 Å². The van der Waals surface area contributed by atoms with Gasteiger partial charge in [0.2, 0.25) is 5.91 Å². The zero-order chi connectivity index (χ0) is 24.4. The van der Waals surface area contributed by atoms with Gasteiger partial charge in [-0.25, -0.2) is 14.6 Å². The second-order valence-corrected chi connectivity index (χ2v) is 8.11. The number of para-hydroxylation sites is 1. The van der Waals surface area contributed by atoms with Gasteiger partial charge in [0.1, 0.15) is 24.5 Å². The maximum Gasteiger partial charge on any atom is 0.255 e. The molecule has 9 heteroatoms. The smallest absolute Gasteiger partial charge is 0.255 e. The monoisotopic (exact) mass is 465 g/mol. The van der Waals surface area contributed by atoms with Gasteiger partial charge in [-0.15, -0.1) is 0 Å². The number of benzene rings is 3. The summed E-state index contributed by atoms with van der Waals surface area (Å²) in [5.74, 6) is 0.390. The van der Waals surface area contributed by atoms with Gasteiger partial charge < -0.3 is 10.6 Å². The van der Waals surface area contributed by atoms with Crippen molar-refractivity contribution >= 4 is 34.2 Å². The lowest BCUT2D eigenvalue weighted by molar-refractivity contribution is -0.119. The third kappa shape index (κ3) is 4.51. The Labute approximate surface area is 201 Å². The summed E-state index contributed by atoms with van der Waals surface area (Å²) in [7, 11) is 0. The molecule has 3 aromatic carbocycles. The van der Waals surface area contributed by atoms with E-state index in [0.29, 0.717) is 16.9 Å². The van der Waals surface area contributed by atoms with E-state index in [1.54, 1.807) is 43.3 Å². The zero-order valence-corrected chi connectivity index (χ0v) is 19.2. The number of amides is 2. The van der Waals surface area contributed by atoms with Crippen LogP contribution in [0.3, 0.4) is 0 Å². The number of hydrogen-bond acceptors (Lipinski definition) is 5. The van der Waals surface area contributed by atoms with Gasteiger partial charge in [-0.1, -0.05) is 18.2 Å². The molecule has 0 aliphatic carbocycles. The molecule has 2 N–H and O–H groups in total. The molecule has 1 atom stereocenters. The van der Waals surface area contributed by atoms with Crippen LogP contribution in [0.2, 0.25) is 0 Å². The molecule has 0 radical (unpaired) electrons. The summed E-state index contributed by atoms with van der Waals surface area (Å²) in [4.78, 5) is 33.8. The highest BCUT2D eigenvalue weighted by Crippen LogP contribution is 2.23. The minimum absolute atomic E-state index is 0.217. The van der Waals surface area contributed by atoms with Crippen molar-refractivity contribution in [1.29, 1.82) is 0 Å². The minimum atomic E-state index is -0.499. The number of hydrogen-bond donors (Lipinski definition) is 2. The summed E-state index contributed by atoms with van der Waals surface area (Å²) < 4.78 is 3.54. The molecule has 0 aliphatic heterocycles. The average molecular weight is 466 g/mol. The quantitative estimate of drug-likeness (QED) is 0.387. The maximum atomic E-state index is 12.9. The van der Waals surface area contributed by atoms with E-state index in [1.807, 2.05) is 43.3 Å². The molecule has 2 heterocycles. The number of carbonyl (C=O) groups excluding carboxylic acids is 2. The van der Waals surface area contributed by atoms with Crippen LogP contribution in [0.1, 0.15) is 29.1 Å². The number of rotatable bonds is 6. The van der Waals surface area contributed by atoms with Crippen molar-refractivity contribution in [2.75, 3.05) is 10.6 Å². The van der Waals surface area contributed by atoms with Crippen LogP contribution in [0.15, 0.2) is 85.5 Å². The lowest BCUT2D eigenvalue weighted by Crippen LogP contribution is -2.24. The van der Waals surface area contributed by atoms with Crippen LogP contribution >= 0.6 is 0 Å². The summed E-state index contributed by atoms with van der Waals surface area (Å²) in [5.41, 5.74) is 4.44. The summed E-state index contributed by atoms with van der Waals surface area (Å²) in [6, 6.07) is 21.9. The fraction of sp³-hybridized carbons (Fsp3) is 0.115. The van der Waals surface area contributed by atoms with E-state index in [-0.39, 0.29) is 11.8 Å². The number of aromatic nitrogens is 5. The van der Waals surface area contributed by atoms with Crippen LogP contribution < -0.4 is 10.6 Å². The highest BCUT2D eigenvalue weighted by Gasteiger charge is 2.16. The third-order valence-electron chi connectivity index (χ3n) is 5.72. The largest absolute Gasteiger partial charge is 0.324 e. The maximum absolute atomic E-state index is 12.9. The second kappa shape index (κ2) is 9.22. The molecular weight excluding hydrogens is 442 g/mol. The average Bonchev–Trinajstić information content (AvgIpc) is 3.52. The first-order valence-corrected chi connectivity index (χ1v) is 11.1. The SMILES string of the molecule is Cc1nc2cc(C(=O)Nc3ccc(NC(=O)C(C)n4cncn4)cc3)ccc2n1-c1ccccc1. The molecular formula is C26H23N7O2. The molecule has 0 spiro atoms.